The van der Waals surface area contributed by atoms with Crippen LogP contribution in [-0.2, 0) is 0 Å². The number of hydrogen-bond donors (Lipinski definition) is 3. The third-order valence-electron chi connectivity index (χ3n) is 3.62. The lowest BCUT2D eigenvalue weighted by molar-refractivity contribution is 0.190. The molecule has 1 aliphatic heterocycles. The van der Waals surface area contributed by atoms with Crippen molar-refractivity contribution >= 4 is 11.6 Å². The summed E-state index contributed by atoms with van der Waals surface area (Å²) in [6, 6.07) is 1.33. The highest BCUT2D eigenvalue weighted by atomic mass is 19.1. The van der Waals surface area contributed by atoms with Crippen LogP contribution in [0, 0.1) is 11.6 Å². The Morgan fingerprint density at radius 3 is 2.68 bits per heavy atom. The minimum Gasteiger partial charge on any atom is -0.365 e. The summed E-state index contributed by atoms with van der Waals surface area (Å²) in [7, 11) is 2.06. The predicted octanol–water partition coefficient (Wildman–Crippen LogP) is 1.54. The number of aromatic nitrogens is 1. The SMILES string of the molecule is CC1CC(Nc2nc(NN)c(F)cc2F)CCN1C. The Kier molecular flexibility index (Phi) is 4.16. The third kappa shape index (κ3) is 3.10. The van der Waals surface area contributed by atoms with Gasteiger partial charge in [-0.05, 0) is 26.8 Å². The van der Waals surface area contributed by atoms with E-state index in [1.165, 1.54) is 0 Å². The van der Waals surface area contributed by atoms with Gasteiger partial charge in [0, 0.05) is 24.7 Å². The van der Waals surface area contributed by atoms with Gasteiger partial charge in [0.15, 0.2) is 23.3 Å². The van der Waals surface area contributed by atoms with Crippen LogP contribution in [0.3, 0.4) is 0 Å². The van der Waals surface area contributed by atoms with Gasteiger partial charge in [-0.3, -0.25) is 0 Å². The standard InChI is InChI=1S/C12H19F2N5/c1-7-5-8(3-4-19(7)2)16-11-9(13)6-10(14)12(17-11)18-15/h6-8H,3-5,15H2,1-2H3,(H2,16,17,18). The second kappa shape index (κ2) is 5.66. The molecule has 0 aliphatic carbocycles. The predicted molar refractivity (Wildman–Crippen MR) is 70.7 cm³/mol. The molecule has 0 bridgehead atoms. The Morgan fingerprint density at radius 2 is 2.05 bits per heavy atom. The van der Waals surface area contributed by atoms with Crippen LogP contribution in [0.4, 0.5) is 20.4 Å². The minimum atomic E-state index is -0.803. The molecule has 0 spiro atoms. The van der Waals surface area contributed by atoms with E-state index in [0.717, 1.165) is 25.5 Å². The van der Waals surface area contributed by atoms with Crippen molar-refractivity contribution in [3.63, 3.8) is 0 Å². The van der Waals surface area contributed by atoms with E-state index in [9.17, 15) is 8.78 Å². The Balaban J connectivity index is 2.11. The monoisotopic (exact) mass is 271 g/mol. The molecule has 2 rings (SSSR count). The molecule has 1 aromatic rings. The number of likely N-dealkylation sites (tertiary alicyclic amines) is 1. The van der Waals surface area contributed by atoms with Gasteiger partial charge in [0.05, 0.1) is 0 Å². The molecule has 5 nitrogen and oxygen atoms in total. The first-order valence-corrected chi connectivity index (χ1v) is 6.30. The highest BCUT2D eigenvalue weighted by Gasteiger charge is 2.24. The Labute approximate surface area is 111 Å². The summed E-state index contributed by atoms with van der Waals surface area (Å²) < 4.78 is 26.9. The van der Waals surface area contributed by atoms with Crippen molar-refractivity contribution in [2.45, 2.75) is 31.8 Å². The third-order valence-corrected chi connectivity index (χ3v) is 3.62. The molecule has 0 amide bonds. The quantitative estimate of drug-likeness (QED) is 0.575. The van der Waals surface area contributed by atoms with Crippen molar-refractivity contribution in [2.24, 2.45) is 5.84 Å². The lowest BCUT2D eigenvalue weighted by Gasteiger charge is -2.35. The molecular weight excluding hydrogens is 252 g/mol. The summed E-state index contributed by atoms with van der Waals surface area (Å²) in [6.45, 7) is 3.05. The molecule has 0 aromatic carbocycles. The number of nitrogens with two attached hydrogens (primary N) is 1. The van der Waals surface area contributed by atoms with Crippen molar-refractivity contribution in [1.82, 2.24) is 9.88 Å². The molecule has 0 saturated carbocycles. The van der Waals surface area contributed by atoms with Crippen molar-refractivity contribution in [1.29, 1.82) is 0 Å². The molecule has 2 atom stereocenters. The van der Waals surface area contributed by atoms with E-state index in [2.05, 4.69) is 34.6 Å². The van der Waals surface area contributed by atoms with E-state index in [1.807, 2.05) is 0 Å². The van der Waals surface area contributed by atoms with Crippen molar-refractivity contribution in [2.75, 3.05) is 24.3 Å². The normalized spacial score (nSPS) is 24.3. The van der Waals surface area contributed by atoms with Gasteiger partial charge in [0.25, 0.3) is 0 Å². The molecule has 1 fully saturated rings. The number of nitrogens with one attached hydrogen (secondary N) is 2. The fourth-order valence-electron chi connectivity index (χ4n) is 2.28. The number of nitrogen functional groups attached to an aromatic ring is 1. The van der Waals surface area contributed by atoms with Crippen LogP contribution in [0.15, 0.2) is 6.07 Å². The number of nitrogens with zero attached hydrogens (tertiary/aromatic N) is 2. The van der Waals surface area contributed by atoms with Crippen LogP contribution < -0.4 is 16.6 Å². The fourth-order valence-corrected chi connectivity index (χ4v) is 2.28. The average molecular weight is 271 g/mol. The van der Waals surface area contributed by atoms with E-state index in [-0.39, 0.29) is 17.7 Å². The molecule has 1 saturated heterocycles. The van der Waals surface area contributed by atoms with Gasteiger partial charge in [0.2, 0.25) is 0 Å². The summed E-state index contributed by atoms with van der Waals surface area (Å²) in [5.41, 5.74) is 2.11. The number of anilines is 2. The number of rotatable bonds is 3. The summed E-state index contributed by atoms with van der Waals surface area (Å²) in [4.78, 5) is 6.07. The van der Waals surface area contributed by atoms with Crippen LogP contribution in [0.1, 0.15) is 19.8 Å². The highest BCUT2D eigenvalue weighted by Crippen LogP contribution is 2.23. The first-order chi connectivity index (χ1) is 9.01. The van der Waals surface area contributed by atoms with E-state index in [4.69, 9.17) is 5.84 Å². The lowest BCUT2D eigenvalue weighted by atomic mass is 9.99. The second-order valence-corrected chi connectivity index (χ2v) is 4.99. The topological polar surface area (TPSA) is 66.2 Å². The molecule has 0 radical (unpaired) electrons. The maximum atomic E-state index is 13.7. The maximum absolute atomic E-state index is 13.7. The summed E-state index contributed by atoms with van der Waals surface area (Å²) in [5.74, 6) is 3.50. The summed E-state index contributed by atoms with van der Waals surface area (Å²) in [5, 5.41) is 3.03. The van der Waals surface area contributed by atoms with Crippen molar-refractivity contribution in [3.8, 4) is 0 Å². The lowest BCUT2D eigenvalue weighted by Crippen LogP contribution is -2.42. The fraction of sp³-hybridized carbons (Fsp3) is 0.583. The largest absolute Gasteiger partial charge is 0.365 e. The van der Waals surface area contributed by atoms with Crippen LogP contribution in [0.25, 0.3) is 0 Å². The van der Waals surface area contributed by atoms with Crippen molar-refractivity contribution in [3.05, 3.63) is 17.7 Å². The van der Waals surface area contributed by atoms with Gasteiger partial charge < -0.3 is 15.6 Å². The minimum absolute atomic E-state index is 0.0381. The number of piperidine rings is 1. The first kappa shape index (κ1) is 14.0. The zero-order chi connectivity index (χ0) is 14.0. The molecule has 2 heterocycles. The maximum Gasteiger partial charge on any atom is 0.178 e. The average Bonchev–Trinajstić information content (AvgIpc) is 2.37. The Bertz CT molecular complexity index is 454. The Morgan fingerprint density at radius 1 is 1.37 bits per heavy atom. The molecule has 7 heteroatoms. The second-order valence-electron chi connectivity index (χ2n) is 4.99. The highest BCUT2D eigenvalue weighted by molar-refractivity contribution is 5.47. The van der Waals surface area contributed by atoms with Gasteiger partial charge in [-0.25, -0.2) is 19.6 Å². The van der Waals surface area contributed by atoms with E-state index < -0.39 is 11.6 Å². The van der Waals surface area contributed by atoms with Gasteiger partial charge in [0.1, 0.15) is 0 Å². The van der Waals surface area contributed by atoms with Gasteiger partial charge in [-0.2, -0.15) is 0 Å². The first-order valence-electron chi connectivity index (χ1n) is 6.30. The summed E-state index contributed by atoms with van der Waals surface area (Å²) in [6.07, 6.45) is 1.78. The number of hydrazine groups is 1. The van der Waals surface area contributed by atoms with Crippen LogP contribution >= 0.6 is 0 Å². The summed E-state index contributed by atoms with van der Waals surface area (Å²) >= 11 is 0. The molecule has 106 valence electrons. The van der Waals surface area contributed by atoms with E-state index in [0.29, 0.717) is 6.04 Å². The molecule has 19 heavy (non-hydrogen) atoms. The van der Waals surface area contributed by atoms with Gasteiger partial charge in [-0.1, -0.05) is 0 Å². The zero-order valence-electron chi connectivity index (χ0n) is 11.1. The van der Waals surface area contributed by atoms with Crippen LogP contribution in [0.2, 0.25) is 0 Å². The molecule has 4 N–H and O–H groups in total. The Hall–Kier alpha value is -1.47. The van der Waals surface area contributed by atoms with Crippen LogP contribution in [0.5, 0.6) is 0 Å². The van der Waals surface area contributed by atoms with E-state index >= 15 is 0 Å². The molecular formula is C12H19F2N5. The van der Waals surface area contributed by atoms with E-state index in [1.54, 1.807) is 0 Å². The zero-order valence-corrected chi connectivity index (χ0v) is 11.1. The smallest absolute Gasteiger partial charge is 0.178 e. The number of pyridine rings is 1. The molecule has 1 aliphatic rings. The molecule has 1 aromatic heterocycles. The van der Waals surface area contributed by atoms with Crippen LogP contribution in [-0.4, -0.2) is 35.6 Å². The molecule has 2 unspecified atom stereocenters. The van der Waals surface area contributed by atoms with Gasteiger partial charge in [-0.15, -0.1) is 0 Å². The van der Waals surface area contributed by atoms with Gasteiger partial charge >= 0.3 is 0 Å². The van der Waals surface area contributed by atoms with Crippen molar-refractivity contribution < 1.29 is 8.78 Å². The number of hydrogen-bond acceptors (Lipinski definition) is 5. The number of halogens is 2.